The number of halogens is 3. The van der Waals surface area contributed by atoms with Gasteiger partial charge in [0.25, 0.3) is 0 Å². The molecular weight excluding hydrogens is 299 g/mol. The highest BCUT2D eigenvalue weighted by Gasteiger charge is 2.30. The van der Waals surface area contributed by atoms with Gasteiger partial charge < -0.3 is 5.73 Å². The Morgan fingerprint density at radius 2 is 1.95 bits per heavy atom. The van der Waals surface area contributed by atoms with Gasteiger partial charge in [0.05, 0.1) is 5.56 Å². The fourth-order valence-electron chi connectivity index (χ4n) is 1.73. The summed E-state index contributed by atoms with van der Waals surface area (Å²) in [5.74, 6) is -0.0169. The van der Waals surface area contributed by atoms with Crippen LogP contribution in [0.4, 0.5) is 13.2 Å². The highest BCUT2D eigenvalue weighted by atomic mass is 32.2. The number of rotatable bonds is 3. The number of hydrogen-bond donors (Lipinski definition) is 2. The van der Waals surface area contributed by atoms with Crippen LogP contribution < -0.4 is 5.73 Å². The van der Waals surface area contributed by atoms with Crippen LogP contribution in [0.2, 0.25) is 0 Å². The van der Waals surface area contributed by atoms with E-state index >= 15 is 0 Å². The van der Waals surface area contributed by atoms with Crippen LogP contribution in [0.1, 0.15) is 16.7 Å². The van der Waals surface area contributed by atoms with E-state index in [1.807, 2.05) is 13.0 Å². The number of pyridine rings is 1. The summed E-state index contributed by atoms with van der Waals surface area (Å²) in [6.45, 7) is 1.82. The molecule has 21 heavy (non-hydrogen) atoms. The van der Waals surface area contributed by atoms with Gasteiger partial charge in [-0.3, -0.25) is 5.41 Å². The number of hydrogen-bond acceptors (Lipinski definition) is 3. The van der Waals surface area contributed by atoms with Crippen LogP contribution in [-0.4, -0.2) is 10.8 Å². The average Bonchev–Trinajstić information content (AvgIpc) is 2.38. The third-order valence-electron chi connectivity index (χ3n) is 2.77. The van der Waals surface area contributed by atoms with Crippen molar-refractivity contribution in [2.75, 3.05) is 0 Å². The van der Waals surface area contributed by atoms with E-state index in [0.717, 1.165) is 22.7 Å². The molecule has 0 fully saturated rings. The first-order chi connectivity index (χ1) is 9.77. The number of nitrogens with zero attached hydrogens (tertiary/aromatic N) is 1. The Kier molecular flexibility index (Phi) is 4.22. The molecule has 0 unspecified atom stereocenters. The first-order valence-electron chi connectivity index (χ1n) is 5.93. The van der Waals surface area contributed by atoms with Crippen molar-refractivity contribution in [3.8, 4) is 0 Å². The van der Waals surface area contributed by atoms with E-state index in [-0.39, 0.29) is 5.84 Å². The number of aryl methyl sites for hydroxylation is 1. The first kappa shape index (κ1) is 15.4. The average molecular weight is 311 g/mol. The van der Waals surface area contributed by atoms with Crippen molar-refractivity contribution in [1.29, 1.82) is 5.41 Å². The van der Waals surface area contributed by atoms with Gasteiger partial charge in [-0.2, -0.15) is 13.2 Å². The van der Waals surface area contributed by atoms with Crippen molar-refractivity contribution in [1.82, 2.24) is 4.98 Å². The van der Waals surface area contributed by atoms with Crippen molar-refractivity contribution >= 4 is 17.6 Å². The van der Waals surface area contributed by atoms with E-state index in [1.54, 1.807) is 12.1 Å². The zero-order valence-electron chi connectivity index (χ0n) is 11.0. The monoisotopic (exact) mass is 311 g/mol. The highest BCUT2D eigenvalue weighted by molar-refractivity contribution is 7.99. The number of aromatic nitrogens is 1. The van der Waals surface area contributed by atoms with Crippen LogP contribution in [0.3, 0.4) is 0 Å². The zero-order valence-corrected chi connectivity index (χ0v) is 11.8. The fourth-order valence-corrected chi connectivity index (χ4v) is 2.59. The van der Waals surface area contributed by atoms with Crippen LogP contribution in [-0.2, 0) is 6.18 Å². The van der Waals surface area contributed by atoms with Gasteiger partial charge in [-0.1, -0.05) is 11.8 Å². The van der Waals surface area contributed by atoms with Gasteiger partial charge in [0.2, 0.25) is 0 Å². The maximum atomic E-state index is 12.4. The lowest BCUT2D eigenvalue weighted by Gasteiger charge is -2.08. The van der Waals surface area contributed by atoms with Crippen LogP contribution in [0.5, 0.6) is 0 Å². The lowest BCUT2D eigenvalue weighted by Crippen LogP contribution is -2.12. The Morgan fingerprint density at radius 3 is 2.43 bits per heavy atom. The van der Waals surface area contributed by atoms with Gasteiger partial charge in [0.15, 0.2) is 0 Å². The summed E-state index contributed by atoms with van der Waals surface area (Å²) in [5.41, 5.74) is 6.14. The lowest BCUT2D eigenvalue weighted by atomic mass is 10.1. The van der Waals surface area contributed by atoms with Gasteiger partial charge in [-0.25, -0.2) is 4.98 Å². The minimum atomic E-state index is -4.38. The number of nitrogens with two attached hydrogens (primary N) is 1. The molecule has 2 rings (SSSR count). The van der Waals surface area contributed by atoms with Crippen molar-refractivity contribution in [2.24, 2.45) is 5.73 Å². The summed E-state index contributed by atoms with van der Waals surface area (Å²) in [6.07, 6.45) is -3.56. The molecule has 110 valence electrons. The molecule has 0 aliphatic heterocycles. The normalized spacial score (nSPS) is 11.4. The summed E-state index contributed by atoms with van der Waals surface area (Å²) in [6, 6.07) is 7.63. The SMILES string of the molecule is Cc1cc(Sc2ccc(C(F)(F)F)cn2)ccc1C(=N)N. The number of benzene rings is 1. The second-order valence-electron chi connectivity index (χ2n) is 4.38. The molecular formula is C14H12F3N3S. The number of amidine groups is 1. The summed E-state index contributed by atoms with van der Waals surface area (Å²) in [5, 5.41) is 7.87. The first-order valence-corrected chi connectivity index (χ1v) is 6.75. The standard InChI is InChI=1S/C14H12F3N3S/c1-8-6-10(3-4-11(8)13(18)19)21-12-5-2-9(7-20-12)14(15,16)17/h2-7H,1H3,(H3,18,19). The summed E-state index contributed by atoms with van der Waals surface area (Å²) >= 11 is 1.25. The summed E-state index contributed by atoms with van der Waals surface area (Å²) < 4.78 is 37.3. The molecule has 1 aromatic heterocycles. The molecule has 0 atom stereocenters. The van der Waals surface area contributed by atoms with Crippen molar-refractivity contribution in [2.45, 2.75) is 23.0 Å². The smallest absolute Gasteiger partial charge is 0.384 e. The predicted molar refractivity (Wildman–Crippen MR) is 75.6 cm³/mol. The van der Waals surface area contributed by atoms with Gasteiger partial charge in [0.1, 0.15) is 10.9 Å². The van der Waals surface area contributed by atoms with E-state index in [1.165, 1.54) is 17.8 Å². The van der Waals surface area contributed by atoms with E-state index in [0.29, 0.717) is 10.6 Å². The number of nitrogen functional groups attached to an aromatic ring is 1. The Bertz CT molecular complexity index is 666. The molecule has 0 saturated carbocycles. The molecule has 0 aliphatic rings. The molecule has 2 aromatic rings. The molecule has 1 aromatic carbocycles. The molecule has 7 heteroatoms. The van der Waals surface area contributed by atoms with Crippen molar-refractivity contribution in [3.05, 3.63) is 53.2 Å². The molecule has 0 aliphatic carbocycles. The van der Waals surface area contributed by atoms with Gasteiger partial charge in [0, 0.05) is 16.7 Å². The van der Waals surface area contributed by atoms with Crippen LogP contribution in [0.25, 0.3) is 0 Å². The minimum Gasteiger partial charge on any atom is -0.384 e. The maximum Gasteiger partial charge on any atom is 0.417 e. The lowest BCUT2D eigenvalue weighted by molar-refractivity contribution is -0.137. The molecule has 0 bridgehead atoms. The zero-order chi connectivity index (χ0) is 15.6. The topological polar surface area (TPSA) is 62.8 Å². The van der Waals surface area contributed by atoms with Crippen LogP contribution in [0.15, 0.2) is 46.5 Å². The third kappa shape index (κ3) is 3.75. The quantitative estimate of drug-likeness (QED) is 0.668. The molecule has 0 saturated heterocycles. The third-order valence-corrected chi connectivity index (χ3v) is 3.71. The fraction of sp³-hybridized carbons (Fsp3) is 0.143. The Hall–Kier alpha value is -2.02. The van der Waals surface area contributed by atoms with Crippen molar-refractivity contribution in [3.63, 3.8) is 0 Å². The highest BCUT2D eigenvalue weighted by Crippen LogP contribution is 2.32. The summed E-state index contributed by atoms with van der Waals surface area (Å²) in [4.78, 5) is 4.63. The molecule has 0 amide bonds. The number of alkyl halides is 3. The second kappa shape index (κ2) is 5.77. The molecule has 3 N–H and O–H groups in total. The van der Waals surface area contributed by atoms with E-state index < -0.39 is 11.7 Å². The van der Waals surface area contributed by atoms with Crippen LogP contribution >= 0.6 is 11.8 Å². The Morgan fingerprint density at radius 1 is 1.24 bits per heavy atom. The van der Waals surface area contributed by atoms with E-state index in [4.69, 9.17) is 11.1 Å². The predicted octanol–water partition coefficient (Wildman–Crippen LogP) is 3.84. The van der Waals surface area contributed by atoms with E-state index in [9.17, 15) is 13.2 Å². The van der Waals surface area contributed by atoms with E-state index in [2.05, 4.69) is 4.98 Å². The van der Waals surface area contributed by atoms with Crippen LogP contribution in [0, 0.1) is 12.3 Å². The van der Waals surface area contributed by atoms with Gasteiger partial charge in [-0.15, -0.1) is 0 Å². The molecule has 0 radical (unpaired) electrons. The molecule has 0 spiro atoms. The van der Waals surface area contributed by atoms with Gasteiger partial charge in [-0.05, 0) is 42.8 Å². The Balaban J connectivity index is 2.19. The number of nitrogens with one attached hydrogen (secondary N) is 1. The Labute approximate surface area is 123 Å². The minimum absolute atomic E-state index is 0.0169. The largest absolute Gasteiger partial charge is 0.417 e. The maximum absolute atomic E-state index is 12.4. The second-order valence-corrected chi connectivity index (χ2v) is 5.47. The summed E-state index contributed by atoms with van der Waals surface area (Å²) in [7, 11) is 0. The molecule has 3 nitrogen and oxygen atoms in total. The molecule has 1 heterocycles. The van der Waals surface area contributed by atoms with Gasteiger partial charge >= 0.3 is 6.18 Å². The van der Waals surface area contributed by atoms with Crippen molar-refractivity contribution < 1.29 is 13.2 Å².